The van der Waals surface area contributed by atoms with Gasteiger partial charge in [0.2, 0.25) is 0 Å². The van der Waals surface area contributed by atoms with Crippen molar-refractivity contribution in [2.24, 2.45) is 5.92 Å². The minimum absolute atomic E-state index is 0.425. The van der Waals surface area contributed by atoms with E-state index < -0.39 is 0 Å². The van der Waals surface area contributed by atoms with Crippen molar-refractivity contribution in [1.29, 1.82) is 0 Å². The predicted molar refractivity (Wildman–Crippen MR) is 98.6 cm³/mol. The molecule has 0 N–H and O–H groups in total. The Hall–Kier alpha value is -1.08. The molecule has 0 saturated carbocycles. The van der Waals surface area contributed by atoms with Crippen LogP contribution in [-0.4, -0.2) is 27.7 Å². The Kier molecular flexibility index (Phi) is 6.33. The maximum absolute atomic E-state index is 6.23. The van der Waals surface area contributed by atoms with Crippen LogP contribution in [0, 0.1) is 5.92 Å². The molecule has 0 aromatic heterocycles. The first-order valence-corrected chi connectivity index (χ1v) is 10.8. The van der Waals surface area contributed by atoms with Crippen molar-refractivity contribution < 1.29 is 4.74 Å². The first-order chi connectivity index (χ1) is 11.4. The van der Waals surface area contributed by atoms with Crippen molar-refractivity contribution in [3.8, 4) is 0 Å². The molecule has 1 saturated heterocycles. The van der Waals surface area contributed by atoms with Crippen LogP contribution >= 0.6 is 0 Å². The fourth-order valence-corrected chi connectivity index (χ4v) is 5.85. The third-order valence-electron chi connectivity index (χ3n) is 4.76. The van der Waals surface area contributed by atoms with Gasteiger partial charge in [-0.15, -0.1) is 0 Å². The topological polar surface area (TPSA) is 9.23 Å². The molecule has 23 heavy (non-hydrogen) atoms. The van der Waals surface area contributed by atoms with Gasteiger partial charge in [-0.3, -0.25) is 0 Å². The van der Waals surface area contributed by atoms with Crippen LogP contribution in [0.3, 0.4) is 0 Å². The molecule has 1 fully saturated rings. The summed E-state index contributed by atoms with van der Waals surface area (Å²) in [4.78, 5) is 0. The normalized spacial score (nSPS) is 24.5. The summed E-state index contributed by atoms with van der Waals surface area (Å²) >= 11 is 0.510. The van der Waals surface area contributed by atoms with Gasteiger partial charge in [-0.2, -0.15) is 0 Å². The molecule has 0 aliphatic carbocycles. The van der Waals surface area contributed by atoms with Crippen molar-refractivity contribution in [2.75, 3.05) is 6.61 Å². The van der Waals surface area contributed by atoms with Crippen LogP contribution in [0.25, 0.3) is 0 Å². The van der Waals surface area contributed by atoms with E-state index in [1.807, 2.05) is 0 Å². The van der Waals surface area contributed by atoms with Gasteiger partial charge >= 0.3 is 146 Å². The van der Waals surface area contributed by atoms with E-state index in [0.717, 1.165) is 6.61 Å². The molecule has 0 amide bonds. The number of hydrogen-bond donors (Lipinski definition) is 0. The summed E-state index contributed by atoms with van der Waals surface area (Å²) in [6.45, 7) is 3.21. The van der Waals surface area contributed by atoms with Crippen molar-refractivity contribution in [3.63, 3.8) is 0 Å². The quantitative estimate of drug-likeness (QED) is 0.681. The van der Waals surface area contributed by atoms with Gasteiger partial charge < -0.3 is 0 Å². The number of rotatable bonds is 6. The second-order valence-electron chi connectivity index (χ2n) is 6.29. The number of hydrogen-bond acceptors (Lipinski definition) is 1. The van der Waals surface area contributed by atoms with Crippen LogP contribution in [0.15, 0.2) is 60.7 Å². The summed E-state index contributed by atoms with van der Waals surface area (Å²) in [5.74, 6) is 1.34. The van der Waals surface area contributed by atoms with Crippen molar-refractivity contribution >= 4 is 19.4 Å². The molecule has 3 rings (SSSR count). The summed E-state index contributed by atoms with van der Waals surface area (Å²) in [6.07, 6.45) is 4.11. The second-order valence-corrected chi connectivity index (χ2v) is 8.59. The van der Waals surface area contributed by atoms with Crippen molar-refractivity contribution in [1.82, 2.24) is 0 Å². The third-order valence-corrected chi connectivity index (χ3v) is 7.07. The van der Waals surface area contributed by atoms with E-state index in [0.29, 0.717) is 32.9 Å². The van der Waals surface area contributed by atoms with Gasteiger partial charge in [0, 0.05) is 0 Å². The van der Waals surface area contributed by atoms with E-state index in [1.54, 1.807) is 0 Å². The van der Waals surface area contributed by atoms with Crippen LogP contribution in [0.4, 0.5) is 0 Å². The summed E-state index contributed by atoms with van der Waals surface area (Å²) in [5, 5.41) is 1.20. The predicted octanol–water partition coefficient (Wildman–Crippen LogP) is 4.42. The van der Waals surface area contributed by atoms with E-state index in [1.165, 1.54) is 34.6 Å². The van der Waals surface area contributed by atoms with Crippen LogP contribution in [0.1, 0.15) is 37.7 Å². The molecule has 0 spiro atoms. The molecule has 1 nitrogen and oxygen atoms in total. The van der Waals surface area contributed by atoms with E-state index in [4.69, 9.17) is 4.74 Å². The van der Waals surface area contributed by atoms with Gasteiger partial charge in [0.1, 0.15) is 0 Å². The van der Waals surface area contributed by atoms with Crippen LogP contribution in [-0.2, 0) is 4.74 Å². The molecular weight excluding hydrogens is 347 g/mol. The first-order valence-electron chi connectivity index (χ1n) is 8.73. The standard InChI is InChI=1S/C21H26OSe/c1-2-9-20-19(17-10-5-3-6-11-17)14-15-22-21(20)16-23-18-12-7-4-8-13-18/h3-8,10-13,19-21H,2,9,14-16H2,1H3/t19-,20-,21+/m0/s1. The monoisotopic (exact) mass is 374 g/mol. The molecule has 0 radical (unpaired) electrons. The van der Waals surface area contributed by atoms with Gasteiger partial charge in [-0.25, -0.2) is 0 Å². The zero-order valence-electron chi connectivity index (χ0n) is 13.9. The van der Waals surface area contributed by atoms with Gasteiger partial charge in [0.05, 0.1) is 0 Å². The molecule has 1 aliphatic rings. The van der Waals surface area contributed by atoms with E-state index in [-0.39, 0.29) is 0 Å². The van der Waals surface area contributed by atoms with Crippen molar-refractivity contribution in [2.45, 2.75) is 43.5 Å². The maximum atomic E-state index is 6.23. The fraction of sp³-hybridized carbons (Fsp3) is 0.429. The third kappa shape index (κ3) is 4.47. The Morgan fingerprint density at radius 2 is 1.70 bits per heavy atom. The van der Waals surface area contributed by atoms with E-state index >= 15 is 0 Å². The van der Waals surface area contributed by atoms with Gasteiger partial charge in [-0.05, 0) is 0 Å². The summed E-state index contributed by atoms with van der Waals surface area (Å²) < 4.78 is 7.72. The van der Waals surface area contributed by atoms with Crippen LogP contribution in [0.2, 0.25) is 5.32 Å². The molecule has 2 heteroatoms. The minimum atomic E-state index is 0.425. The van der Waals surface area contributed by atoms with Crippen LogP contribution in [0.5, 0.6) is 0 Å². The molecule has 0 unspecified atom stereocenters. The van der Waals surface area contributed by atoms with Gasteiger partial charge in [0.25, 0.3) is 0 Å². The van der Waals surface area contributed by atoms with Crippen molar-refractivity contribution in [3.05, 3.63) is 66.2 Å². The SMILES string of the molecule is CCC[C@@H]1[C@@H](C[Se]c2ccccc2)OCC[C@H]1c1ccccc1. The van der Waals surface area contributed by atoms with Crippen LogP contribution < -0.4 is 4.46 Å². The number of benzene rings is 2. The molecule has 2 aromatic rings. The zero-order valence-corrected chi connectivity index (χ0v) is 15.6. The average molecular weight is 373 g/mol. The molecule has 2 aromatic carbocycles. The summed E-state index contributed by atoms with van der Waals surface area (Å²) in [7, 11) is 0. The Balaban J connectivity index is 1.70. The number of ether oxygens (including phenoxy) is 1. The van der Waals surface area contributed by atoms with E-state index in [9.17, 15) is 0 Å². The Bertz CT molecular complexity index is 569. The Labute approximate surface area is 146 Å². The van der Waals surface area contributed by atoms with Gasteiger partial charge in [0.15, 0.2) is 0 Å². The molecule has 122 valence electrons. The summed E-state index contributed by atoms with van der Waals surface area (Å²) in [5.41, 5.74) is 1.51. The average Bonchev–Trinajstić information content (AvgIpc) is 2.62. The zero-order chi connectivity index (χ0) is 15.9. The summed E-state index contributed by atoms with van der Waals surface area (Å²) in [6, 6.07) is 22.0. The Morgan fingerprint density at radius 3 is 2.39 bits per heavy atom. The molecular formula is C21H26OSe. The Morgan fingerprint density at radius 1 is 1.00 bits per heavy atom. The first kappa shape index (κ1) is 16.8. The molecule has 3 atom stereocenters. The fourth-order valence-electron chi connectivity index (χ4n) is 3.64. The second kappa shape index (κ2) is 8.68. The van der Waals surface area contributed by atoms with E-state index in [2.05, 4.69) is 67.6 Å². The van der Waals surface area contributed by atoms with Gasteiger partial charge in [-0.1, -0.05) is 0 Å². The molecule has 0 bridgehead atoms. The molecule has 1 heterocycles. The molecule has 1 aliphatic heterocycles.